The molecule has 0 radical (unpaired) electrons. The molecule has 1 rings (SSSR count). The average molecular weight is 168 g/mol. The third kappa shape index (κ3) is 2.10. The number of nitrogens with zero attached hydrogens (tertiary/aromatic N) is 1. The molecule has 1 unspecified atom stereocenters. The van der Waals surface area contributed by atoms with Crippen LogP contribution in [0, 0.1) is 0 Å². The summed E-state index contributed by atoms with van der Waals surface area (Å²) in [4.78, 5) is 10.4. The van der Waals surface area contributed by atoms with E-state index in [1.54, 1.807) is 0 Å². The number of rotatable bonds is 3. The standard InChI is InChI=1S/C8H12N2O2/c1-10-3-2-6(5-10)4-7(9)8(11)12/h2-3,5,7H,4,9H2,1H3,(H,11,12). The van der Waals surface area contributed by atoms with Gasteiger partial charge in [-0.2, -0.15) is 0 Å². The number of carboxylic acids is 1. The zero-order chi connectivity index (χ0) is 9.14. The van der Waals surface area contributed by atoms with Gasteiger partial charge in [0.15, 0.2) is 0 Å². The number of carbonyl (C=O) groups is 1. The zero-order valence-corrected chi connectivity index (χ0v) is 6.90. The van der Waals surface area contributed by atoms with Crippen molar-refractivity contribution in [3.8, 4) is 0 Å². The molecule has 0 saturated heterocycles. The van der Waals surface area contributed by atoms with Crippen molar-refractivity contribution in [2.75, 3.05) is 0 Å². The van der Waals surface area contributed by atoms with Crippen LogP contribution in [0.5, 0.6) is 0 Å². The molecule has 0 aromatic carbocycles. The maximum absolute atomic E-state index is 10.4. The topological polar surface area (TPSA) is 68.2 Å². The van der Waals surface area contributed by atoms with Crippen LogP contribution < -0.4 is 5.73 Å². The van der Waals surface area contributed by atoms with E-state index in [0.29, 0.717) is 6.42 Å². The molecule has 4 heteroatoms. The highest BCUT2D eigenvalue weighted by molar-refractivity contribution is 5.73. The summed E-state index contributed by atoms with van der Waals surface area (Å²) in [6.45, 7) is 0. The first-order valence-corrected chi connectivity index (χ1v) is 3.69. The Labute approximate surface area is 70.6 Å². The van der Waals surface area contributed by atoms with Crippen LogP contribution >= 0.6 is 0 Å². The van der Waals surface area contributed by atoms with E-state index >= 15 is 0 Å². The van der Waals surface area contributed by atoms with Crippen LogP contribution in [0.1, 0.15) is 5.56 Å². The maximum atomic E-state index is 10.4. The maximum Gasteiger partial charge on any atom is 0.320 e. The Balaban J connectivity index is 2.58. The number of aliphatic carboxylic acids is 1. The predicted molar refractivity (Wildman–Crippen MR) is 44.7 cm³/mol. The van der Waals surface area contributed by atoms with Gasteiger partial charge in [-0.05, 0) is 18.1 Å². The summed E-state index contributed by atoms with van der Waals surface area (Å²) in [6.07, 6.45) is 4.11. The summed E-state index contributed by atoms with van der Waals surface area (Å²) in [6, 6.07) is 1.07. The molecule has 4 nitrogen and oxygen atoms in total. The van der Waals surface area contributed by atoms with Gasteiger partial charge in [-0.1, -0.05) is 0 Å². The van der Waals surface area contributed by atoms with Gasteiger partial charge in [0.1, 0.15) is 6.04 Å². The molecular weight excluding hydrogens is 156 g/mol. The molecule has 1 aromatic heterocycles. The monoisotopic (exact) mass is 168 g/mol. The fourth-order valence-electron chi connectivity index (χ4n) is 1.02. The van der Waals surface area contributed by atoms with Crippen molar-refractivity contribution in [2.24, 2.45) is 12.8 Å². The van der Waals surface area contributed by atoms with E-state index < -0.39 is 12.0 Å². The van der Waals surface area contributed by atoms with Gasteiger partial charge in [0.05, 0.1) is 0 Å². The summed E-state index contributed by atoms with van der Waals surface area (Å²) < 4.78 is 1.86. The quantitative estimate of drug-likeness (QED) is 0.666. The van der Waals surface area contributed by atoms with Crippen LogP contribution in [0.25, 0.3) is 0 Å². The fraction of sp³-hybridized carbons (Fsp3) is 0.375. The van der Waals surface area contributed by atoms with Gasteiger partial charge in [-0.25, -0.2) is 0 Å². The van der Waals surface area contributed by atoms with Crippen LogP contribution in [0.2, 0.25) is 0 Å². The first-order chi connectivity index (χ1) is 5.59. The van der Waals surface area contributed by atoms with Crippen molar-refractivity contribution in [1.29, 1.82) is 0 Å². The summed E-state index contributed by atoms with van der Waals surface area (Å²) in [7, 11) is 1.88. The smallest absolute Gasteiger partial charge is 0.320 e. The highest BCUT2D eigenvalue weighted by Crippen LogP contribution is 2.02. The molecule has 0 aliphatic rings. The lowest BCUT2D eigenvalue weighted by atomic mass is 10.1. The number of carboxylic acid groups (broad SMARTS) is 1. The molecule has 0 aliphatic carbocycles. The third-order valence-corrected chi connectivity index (χ3v) is 1.67. The lowest BCUT2D eigenvalue weighted by molar-refractivity contribution is -0.138. The molecule has 0 spiro atoms. The average Bonchev–Trinajstić information content (AvgIpc) is 2.35. The first kappa shape index (κ1) is 8.80. The van der Waals surface area contributed by atoms with Crippen LogP contribution in [-0.2, 0) is 18.3 Å². The Morgan fingerprint density at radius 3 is 2.92 bits per heavy atom. The van der Waals surface area contributed by atoms with Crippen molar-refractivity contribution in [2.45, 2.75) is 12.5 Å². The van der Waals surface area contributed by atoms with E-state index in [9.17, 15) is 4.79 Å². The summed E-state index contributed by atoms with van der Waals surface area (Å²) in [5.41, 5.74) is 6.30. The van der Waals surface area contributed by atoms with Gasteiger partial charge in [0, 0.05) is 19.4 Å². The number of hydrogen-bond donors (Lipinski definition) is 2. The molecule has 1 heterocycles. The van der Waals surface area contributed by atoms with Gasteiger partial charge in [-0.15, -0.1) is 0 Å². The van der Waals surface area contributed by atoms with Crippen LogP contribution in [0.15, 0.2) is 18.5 Å². The van der Waals surface area contributed by atoms with Crippen molar-refractivity contribution >= 4 is 5.97 Å². The van der Waals surface area contributed by atoms with E-state index in [-0.39, 0.29) is 0 Å². The van der Waals surface area contributed by atoms with Crippen LogP contribution in [-0.4, -0.2) is 21.7 Å². The van der Waals surface area contributed by atoms with Gasteiger partial charge in [0.25, 0.3) is 0 Å². The highest BCUT2D eigenvalue weighted by Gasteiger charge is 2.11. The molecule has 0 aliphatic heterocycles. The second-order valence-electron chi connectivity index (χ2n) is 2.83. The van der Waals surface area contributed by atoms with E-state index in [0.717, 1.165) is 5.56 Å². The zero-order valence-electron chi connectivity index (χ0n) is 6.90. The van der Waals surface area contributed by atoms with E-state index in [4.69, 9.17) is 10.8 Å². The van der Waals surface area contributed by atoms with Crippen LogP contribution in [0.4, 0.5) is 0 Å². The van der Waals surface area contributed by atoms with Gasteiger partial charge >= 0.3 is 5.97 Å². The molecule has 0 bridgehead atoms. The Kier molecular flexibility index (Phi) is 2.50. The second kappa shape index (κ2) is 3.40. The largest absolute Gasteiger partial charge is 0.480 e. The van der Waals surface area contributed by atoms with Gasteiger partial charge in [0.2, 0.25) is 0 Å². The summed E-state index contributed by atoms with van der Waals surface area (Å²) in [5, 5.41) is 8.52. The molecule has 0 fully saturated rings. The molecule has 3 N–H and O–H groups in total. The summed E-state index contributed by atoms with van der Waals surface area (Å²) >= 11 is 0. The highest BCUT2D eigenvalue weighted by atomic mass is 16.4. The molecule has 0 saturated carbocycles. The second-order valence-corrected chi connectivity index (χ2v) is 2.83. The van der Waals surface area contributed by atoms with E-state index in [1.165, 1.54) is 0 Å². The number of aromatic nitrogens is 1. The molecular formula is C8H12N2O2. The SMILES string of the molecule is Cn1ccc(CC(N)C(=O)O)c1. The third-order valence-electron chi connectivity index (χ3n) is 1.67. The van der Waals surface area contributed by atoms with Gasteiger partial charge in [-0.3, -0.25) is 4.79 Å². The van der Waals surface area contributed by atoms with E-state index in [2.05, 4.69) is 0 Å². The Hall–Kier alpha value is -1.29. The molecule has 1 aromatic rings. The Bertz CT molecular complexity index is 280. The number of hydrogen-bond acceptors (Lipinski definition) is 2. The lowest BCUT2D eigenvalue weighted by Crippen LogP contribution is -2.32. The van der Waals surface area contributed by atoms with E-state index in [1.807, 2.05) is 30.1 Å². The first-order valence-electron chi connectivity index (χ1n) is 3.69. The minimum Gasteiger partial charge on any atom is -0.480 e. The normalized spacial score (nSPS) is 12.8. The minimum atomic E-state index is -0.959. The molecule has 66 valence electrons. The van der Waals surface area contributed by atoms with Crippen molar-refractivity contribution in [3.05, 3.63) is 24.0 Å². The number of nitrogens with two attached hydrogens (primary N) is 1. The Morgan fingerprint density at radius 2 is 2.50 bits per heavy atom. The van der Waals surface area contributed by atoms with Crippen molar-refractivity contribution < 1.29 is 9.90 Å². The van der Waals surface area contributed by atoms with Crippen molar-refractivity contribution in [1.82, 2.24) is 4.57 Å². The Morgan fingerprint density at radius 1 is 1.83 bits per heavy atom. The summed E-state index contributed by atoms with van der Waals surface area (Å²) in [5.74, 6) is -0.959. The predicted octanol–water partition coefficient (Wildman–Crippen LogP) is -0.0205. The lowest BCUT2D eigenvalue weighted by Gasteiger charge is -2.02. The van der Waals surface area contributed by atoms with Crippen molar-refractivity contribution in [3.63, 3.8) is 0 Å². The molecule has 12 heavy (non-hydrogen) atoms. The van der Waals surface area contributed by atoms with Gasteiger partial charge < -0.3 is 15.4 Å². The van der Waals surface area contributed by atoms with Crippen LogP contribution in [0.3, 0.4) is 0 Å². The number of aryl methyl sites for hydroxylation is 1. The fourth-order valence-corrected chi connectivity index (χ4v) is 1.02. The molecule has 1 atom stereocenters. The minimum absolute atomic E-state index is 0.385. The molecule has 0 amide bonds.